The van der Waals surface area contributed by atoms with Crippen molar-refractivity contribution in [1.29, 1.82) is 0 Å². The van der Waals surface area contributed by atoms with E-state index in [0.29, 0.717) is 12.2 Å². The Morgan fingerprint density at radius 2 is 1.88 bits per heavy atom. The van der Waals surface area contributed by atoms with Gasteiger partial charge in [0.05, 0.1) is 11.2 Å². The van der Waals surface area contributed by atoms with Crippen LogP contribution in [-0.2, 0) is 13.6 Å². The molecule has 0 unspecified atom stereocenters. The van der Waals surface area contributed by atoms with Gasteiger partial charge in [0.1, 0.15) is 5.82 Å². The third-order valence-corrected chi connectivity index (χ3v) is 4.08. The van der Waals surface area contributed by atoms with Crippen molar-refractivity contribution in [2.45, 2.75) is 34.2 Å². The van der Waals surface area contributed by atoms with Crippen molar-refractivity contribution < 1.29 is 4.39 Å². The highest BCUT2D eigenvalue weighted by atomic mass is 19.1. The zero-order valence-corrected chi connectivity index (χ0v) is 14.7. The molecule has 126 valence electrons. The number of pyridine rings is 1. The molecule has 3 aromatic rings. The van der Waals surface area contributed by atoms with E-state index in [-0.39, 0.29) is 16.9 Å². The first-order chi connectivity index (χ1) is 11.2. The van der Waals surface area contributed by atoms with Crippen LogP contribution in [-0.4, -0.2) is 14.1 Å². The van der Waals surface area contributed by atoms with Gasteiger partial charge in [-0.15, -0.1) is 0 Å². The van der Waals surface area contributed by atoms with Gasteiger partial charge in [-0.25, -0.2) is 14.2 Å². The van der Waals surface area contributed by atoms with Gasteiger partial charge in [0.2, 0.25) is 0 Å². The number of imidazole rings is 1. The van der Waals surface area contributed by atoms with Crippen molar-refractivity contribution in [1.82, 2.24) is 14.1 Å². The number of nitrogens with zero attached hydrogens (tertiary/aromatic N) is 3. The molecule has 3 rings (SSSR count). The first-order valence-electron chi connectivity index (χ1n) is 8.00. The molecule has 2 heterocycles. The lowest BCUT2D eigenvalue weighted by molar-refractivity contribution is 0.342. The molecule has 0 amide bonds. The smallest absolute Gasteiger partial charge is 0.290 e. The summed E-state index contributed by atoms with van der Waals surface area (Å²) in [7, 11) is 1.73. The molecular weight excluding hydrogens is 305 g/mol. The molecule has 0 saturated carbocycles. The second kappa shape index (κ2) is 5.58. The maximum Gasteiger partial charge on any atom is 0.330 e. The van der Waals surface area contributed by atoms with Crippen LogP contribution in [0.25, 0.3) is 22.4 Å². The zero-order chi connectivity index (χ0) is 17.6. The Hall–Kier alpha value is -2.43. The van der Waals surface area contributed by atoms with Crippen molar-refractivity contribution in [2.75, 3.05) is 0 Å². The Morgan fingerprint density at radius 3 is 2.50 bits per heavy atom. The maximum absolute atomic E-state index is 13.3. The molecule has 0 aliphatic carbocycles. The molecule has 0 aliphatic rings. The Labute approximate surface area is 140 Å². The Bertz CT molecular complexity index is 977. The predicted molar refractivity (Wildman–Crippen MR) is 94.6 cm³/mol. The van der Waals surface area contributed by atoms with E-state index in [1.165, 1.54) is 12.1 Å². The topological polar surface area (TPSA) is 39.8 Å². The van der Waals surface area contributed by atoms with Crippen molar-refractivity contribution in [3.05, 3.63) is 52.2 Å². The number of halogens is 1. The first kappa shape index (κ1) is 16.4. The number of rotatable bonds is 2. The fourth-order valence-corrected chi connectivity index (χ4v) is 2.96. The van der Waals surface area contributed by atoms with Crippen LogP contribution in [0.5, 0.6) is 0 Å². The first-order valence-corrected chi connectivity index (χ1v) is 8.00. The van der Waals surface area contributed by atoms with E-state index in [1.807, 2.05) is 19.1 Å². The average Bonchev–Trinajstić information content (AvgIpc) is 2.71. The molecule has 0 saturated heterocycles. The zero-order valence-electron chi connectivity index (χ0n) is 14.7. The second-order valence-electron chi connectivity index (χ2n) is 7.49. The minimum Gasteiger partial charge on any atom is -0.290 e. The minimum absolute atomic E-state index is 0.00960. The molecule has 24 heavy (non-hydrogen) atoms. The SMILES string of the molecule is Cc1cc(F)ccc1-c1ccc2c(n1)n(C)c(=O)n2CC(C)(C)C. The lowest BCUT2D eigenvalue weighted by atomic mass is 9.97. The summed E-state index contributed by atoms with van der Waals surface area (Å²) in [5.74, 6) is -0.263. The monoisotopic (exact) mass is 327 g/mol. The summed E-state index contributed by atoms with van der Waals surface area (Å²) < 4.78 is 16.7. The van der Waals surface area contributed by atoms with E-state index in [4.69, 9.17) is 0 Å². The van der Waals surface area contributed by atoms with E-state index in [0.717, 1.165) is 22.3 Å². The van der Waals surface area contributed by atoms with E-state index < -0.39 is 0 Å². The van der Waals surface area contributed by atoms with Crippen molar-refractivity contribution >= 4 is 11.2 Å². The minimum atomic E-state index is -0.263. The molecule has 0 spiro atoms. The van der Waals surface area contributed by atoms with Crippen molar-refractivity contribution in [3.63, 3.8) is 0 Å². The number of benzene rings is 1. The normalized spacial score (nSPS) is 12.1. The maximum atomic E-state index is 13.3. The molecule has 2 aromatic heterocycles. The molecule has 0 aliphatic heterocycles. The average molecular weight is 327 g/mol. The highest BCUT2D eigenvalue weighted by Gasteiger charge is 2.19. The van der Waals surface area contributed by atoms with Gasteiger partial charge < -0.3 is 0 Å². The van der Waals surface area contributed by atoms with Crippen LogP contribution in [0.2, 0.25) is 0 Å². The van der Waals surface area contributed by atoms with Gasteiger partial charge in [-0.1, -0.05) is 20.8 Å². The summed E-state index contributed by atoms with van der Waals surface area (Å²) in [6.45, 7) is 8.78. The summed E-state index contributed by atoms with van der Waals surface area (Å²) in [5.41, 5.74) is 3.82. The lowest BCUT2D eigenvalue weighted by Gasteiger charge is -2.18. The predicted octanol–water partition coefficient (Wildman–Crippen LogP) is 3.90. The highest BCUT2D eigenvalue weighted by Crippen LogP contribution is 2.25. The molecule has 0 bridgehead atoms. The van der Waals surface area contributed by atoms with E-state index in [2.05, 4.69) is 25.8 Å². The molecule has 0 radical (unpaired) electrons. The highest BCUT2D eigenvalue weighted by molar-refractivity contribution is 5.77. The Kier molecular flexibility index (Phi) is 3.82. The molecule has 0 atom stereocenters. The summed E-state index contributed by atoms with van der Waals surface area (Å²) in [6, 6.07) is 8.46. The Morgan fingerprint density at radius 1 is 1.17 bits per heavy atom. The quantitative estimate of drug-likeness (QED) is 0.716. The van der Waals surface area contributed by atoms with E-state index in [1.54, 1.807) is 22.2 Å². The lowest BCUT2D eigenvalue weighted by Crippen LogP contribution is -2.27. The number of hydrogen-bond donors (Lipinski definition) is 0. The third kappa shape index (κ3) is 2.86. The standard InChI is InChI=1S/C19H22FN3O/c1-12-10-13(20)6-7-14(12)15-8-9-16-17(21-15)22(5)18(24)23(16)11-19(2,3)4/h6-10H,11H2,1-5H3. The summed E-state index contributed by atoms with van der Waals surface area (Å²) in [5, 5.41) is 0. The van der Waals surface area contributed by atoms with Crippen molar-refractivity contribution in [2.24, 2.45) is 12.5 Å². The molecule has 4 nitrogen and oxygen atoms in total. The third-order valence-electron chi connectivity index (χ3n) is 4.08. The van der Waals surface area contributed by atoms with E-state index in [9.17, 15) is 9.18 Å². The molecule has 1 aromatic carbocycles. The van der Waals surface area contributed by atoms with Crippen LogP contribution in [0.3, 0.4) is 0 Å². The van der Waals surface area contributed by atoms with Gasteiger partial charge in [0, 0.05) is 19.2 Å². The number of hydrogen-bond acceptors (Lipinski definition) is 2. The van der Waals surface area contributed by atoms with Crippen LogP contribution in [0.4, 0.5) is 4.39 Å². The van der Waals surface area contributed by atoms with Crippen LogP contribution in [0, 0.1) is 18.2 Å². The summed E-state index contributed by atoms with van der Waals surface area (Å²) in [4.78, 5) is 17.2. The van der Waals surface area contributed by atoms with Crippen LogP contribution < -0.4 is 5.69 Å². The summed E-state index contributed by atoms with van der Waals surface area (Å²) in [6.07, 6.45) is 0. The second-order valence-corrected chi connectivity index (χ2v) is 7.49. The summed E-state index contributed by atoms with van der Waals surface area (Å²) >= 11 is 0. The Balaban J connectivity index is 2.19. The van der Waals surface area contributed by atoms with Gasteiger partial charge in [-0.3, -0.25) is 9.13 Å². The fourth-order valence-electron chi connectivity index (χ4n) is 2.96. The van der Waals surface area contributed by atoms with Gasteiger partial charge >= 0.3 is 5.69 Å². The number of aryl methyl sites for hydroxylation is 2. The van der Waals surface area contributed by atoms with E-state index >= 15 is 0 Å². The van der Waals surface area contributed by atoms with Gasteiger partial charge in [0.25, 0.3) is 0 Å². The van der Waals surface area contributed by atoms with Gasteiger partial charge in [-0.2, -0.15) is 0 Å². The molecule has 0 N–H and O–H groups in total. The van der Waals surface area contributed by atoms with Gasteiger partial charge in [-0.05, 0) is 48.2 Å². The van der Waals surface area contributed by atoms with Crippen LogP contribution in [0.15, 0.2) is 35.1 Å². The molecule has 5 heteroatoms. The van der Waals surface area contributed by atoms with Gasteiger partial charge in [0.15, 0.2) is 5.65 Å². The number of fused-ring (bicyclic) bond motifs is 1. The fraction of sp³-hybridized carbons (Fsp3) is 0.368. The van der Waals surface area contributed by atoms with Crippen LogP contribution in [0.1, 0.15) is 26.3 Å². The molecule has 0 fully saturated rings. The van der Waals surface area contributed by atoms with Crippen LogP contribution >= 0.6 is 0 Å². The van der Waals surface area contributed by atoms with Crippen molar-refractivity contribution in [3.8, 4) is 11.3 Å². The number of aromatic nitrogens is 3. The largest absolute Gasteiger partial charge is 0.330 e. The molecular formula is C19H22FN3O.